The maximum atomic E-state index is 11.2. The van der Waals surface area contributed by atoms with Crippen LogP contribution in [0, 0.1) is 5.92 Å². The van der Waals surface area contributed by atoms with Gasteiger partial charge in [-0.25, -0.2) is 4.79 Å². The zero-order chi connectivity index (χ0) is 11.1. The van der Waals surface area contributed by atoms with Gasteiger partial charge in [0.05, 0.1) is 6.61 Å². The Kier molecular flexibility index (Phi) is 5.51. The number of unbranched alkanes of at least 4 members (excludes halogenated alkanes) is 1. The second kappa shape index (κ2) is 6.70. The fourth-order valence-electron chi connectivity index (χ4n) is 1.82. The van der Waals surface area contributed by atoms with Crippen molar-refractivity contribution in [2.75, 3.05) is 6.61 Å². The van der Waals surface area contributed by atoms with E-state index in [1.165, 1.54) is 0 Å². The molecule has 15 heavy (non-hydrogen) atoms. The molecule has 88 valence electrons. The molecule has 0 amide bonds. The molecule has 1 rings (SSSR count). The van der Waals surface area contributed by atoms with E-state index in [-0.39, 0.29) is 6.10 Å². The Bertz CT molecular complexity index is 183. The summed E-state index contributed by atoms with van der Waals surface area (Å²) in [5.74, 6) is 0.779. The maximum Gasteiger partial charge on any atom is 0.508 e. The lowest BCUT2D eigenvalue weighted by molar-refractivity contribution is 0.00623. The van der Waals surface area contributed by atoms with Crippen molar-refractivity contribution in [2.24, 2.45) is 5.92 Å². The molecule has 3 nitrogen and oxygen atoms in total. The molecular weight excluding hydrogens is 192 g/mol. The Balaban J connectivity index is 2.09. The quantitative estimate of drug-likeness (QED) is 0.530. The first-order valence-corrected chi connectivity index (χ1v) is 6.05. The molecule has 0 spiro atoms. The van der Waals surface area contributed by atoms with Gasteiger partial charge in [0.15, 0.2) is 0 Å². The fourth-order valence-corrected chi connectivity index (χ4v) is 1.82. The topological polar surface area (TPSA) is 35.5 Å². The first-order valence-electron chi connectivity index (χ1n) is 6.05. The molecule has 0 radical (unpaired) electrons. The van der Waals surface area contributed by atoms with Crippen molar-refractivity contribution in [2.45, 2.75) is 58.5 Å². The number of rotatable bonds is 4. The molecule has 1 aliphatic rings. The minimum Gasteiger partial charge on any atom is -0.434 e. The van der Waals surface area contributed by atoms with Crippen LogP contribution in [0.4, 0.5) is 4.79 Å². The van der Waals surface area contributed by atoms with Crippen LogP contribution in [0.3, 0.4) is 0 Å². The van der Waals surface area contributed by atoms with E-state index < -0.39 is 6.16 Å². The Morgan fingerprint density at radius 2 is 1.93 bits per heavy atom. The second-order valence-electron chi connectivity index (χ2n) is 4.45. The Labute approximate surface area is 92.1 Å². The zero-order valence-electron chi connectivity index (χ0n) is 9.83. The molecule has 1 aliphatic carbocycles. The van der Waals surface area contributed by atoms with Gasteiger partial charge in [-0.15, -0.1) is 0 Å². The highest BCUT2D eigenvalue weighted by molar-refractivity contribution is 5.60. The highest BCUT2D eigenvalue weighted by Crippen LogP contribution is 2.25. The molecule has 0 aromatic rings. The van der Waals surface area contributed by atoms with Crippen molar-refractivity contribution >= 4 is 6.16 Å². The summed E-state index contributed by atoms with van der Waals surface area (Å²) in [5.41, 5.74) is 0. The molecule has 0 saturated heterocycles. The van der Waals surface area contributed by atoms with E-state index in [0.29, 0.717) is 6.61 Å². The third-order valence-electron chi connectivity index (χ3n) is 2.94. The SMILES string of the molecule is CCCCOC(=O)OC1CCC(C)CC1. The summed E-state index contributed by atoms with van der Waals surface area (Å²) in [6.07, 6.45) is 5.86. The molecular formula is C12H22O3. The molecule has 0 aliphatic heterocycles. The molecule has 0 heterocycles. The van der Waals surface area contributed by atoms with Crippen molar-refractivity contribution in [3.8, 4) is 0 Å². The average Bonchev–Trinajstić information content (AvgIpc) is 2.22. The van der Waals surface area contributed by atoms with Crippen LogP contribution in [0.25, 0.3) is 0 Å². The Morgan fingerprint density at radius 3 is 2.53 bits per heavy atom. The van der Waals surface area contributed by atoms with Crippen molar-refractivity contribution in [3.05, 3.63) is 0 Å². The lowest BCUT2D eigenvalue weighted by Gasteiger charge is -2.25. The van der Waals surface area contributed by atoms with Gasteiger partial charge in [0.1, 0.15) is 6.10 Å². The molecule has 0 bridgehead atoms. The van der Waals surface area contributed by atoms with Gasteiger partial charge in [0.25, 0.3) is 0 Å². The second-order valence-corrected chi connectivity index (χ2v) is 4.45. The van der Waals surface area contributed by atoms with E-state index in [9.17, 15) is 4.79 Å². The largest absolute Gasteiger partial charge is 0.508 e. The van der Waals surface area contributed by atoms with Crippen LogP contribution in [0.5, 0.6) is 0 Å². The predicted molar refractivity (Wildman–Crippen MR) is 58.8 cm³/mol. The molecule has 1 fully saturated rings. The first kappa shape index (κ1) is 12.3. The molecule has 0 N–H and O–H groups in total. The van der Waals surface area contributed by atoms with E-state index in [2.05, 4.69) is 13.8 Å². The fraction of sp³-hybridized carbons (Fsp3) is 0.917. The van der Waals surface area contributed by atoms with Crippen LogP contribution < -0.4 is 0 Å². The predicted octanol–water partition coefficient (Wildman–Crippen LogP) is 3.52. The maximum absolute atomic E-state index is 11.2. The van der Waals surface area contributed by atoms with Crippen LogP contribution in [-0.2, 0) is 9.47 Å². The summed E-state index contributed by atoms with van der Waals surface area (Å²) in [7, 11) is 0. The minimum absolute atomic E-state index is 0.0929. The van der Waals surface area contributed by atoms with E-state index in [1.807, 2.05) is 0 Å². The summed E-state index contributed by atoms with van der Waals surface area (Å²) in [6, 6.07) is 0. The number of hydrogen-bond acceptors (Lipinski definition) is 3. The van der Waals surface area contributed by atoms with Crippen molar-refractivity contribution in [1.29, 1.82) is 0 Å². The average molecular weight is 214 g/mol. The lowest BCUT2D eigenvalue weighted by atomic mass is 9.89. The highest BCUT2D eigenvalue weighted by atomic mass is 16.7. The van der Waals surface area contributed by atoms with Gasteiger partial charge in [0, 0.05) is 0 Å². The normalized spacial score (nSPS) is 26.0. The van der Waals surface area contributed by atoms with Crippen molar-refractivity contribution in [1.82, 2.24) is 0 Å². The molecule has 0 atom stereocenters. The minimum atomic E-state index is -0.483. The summed E-state index contributed by atoms with van der Waals surface area (Å²) in [6.45, 7) is 4.80. The van der Waals surface area contributed by atoms with Crippen LogP contribution in [0.2, 0.25) is 0 Å². The van der Waals surface area contributed by atoms with Crippen LogP contribution in [-0.4, -0.2) is 18.9 Å². The van der Waals surface area contributed by atoms with Crippen LogP contribution >= 0.6 is 0 Å². The van der Waals surface area contributed by atoms with E-state index in [0.717, 1.165) is 44.4 Å². The zero-order valence-corrected chi connectivity index (χ0v) is 9.83. The number of ether oxygens (including phenoxy) is 2. The Morgan fingerprint density at radius 1 is 1.27 bits per heavy atom. The molecule has 0 aromatic carbocycles. The third kappa shape index (κ3) is 5.05. The van der Waals surface area contributed by atoms with Crippen molar-refractivity contribution in [3.63, 3.8) is 0 Å². The molecule has 3 heteroatoms. The van der Waals surface area contributed by atoms with Crippen molar-refractivity contribution < 1.29 is 14.3 Å². The first-order chi connectivity index (χ1) is 7.22. The summed E-state index contributed by atoms with van der Waals surface area (Å²) < 4.78 is 10.2. The lowest BCUT2D eigenvalue weighted by Crippen LogP contribution is -2.24. The standard InChI is InChI=1S/C12H22O3/c1-3-4-9-14-12(13)15-11-7-5-10(2)6-8-11/h10-11H,3-9H2,1-2H3. The van der Waals surface area contributed by atoms with Gasteiger partial charge in [-0.3, -0.25) is 0 Å². The van der Waals surface area contributed by atoms with Gasteiger partial charge >= 0.3 is 6.16 Å². The third-order valence-corrected chi connectivity index (χ3v) is 2.94. The van der Waals surface area contributed by atoms with Gasteiger partial charge in [-0.2, -0.15) is 0 Å². The van der Waals surface area contributed by atoms with E-state index in [1.54, 1.807) is 0 Å². The van der Waals surface area contributed by atoms with E-state index >= 15 is 0 Å². The van der Waals surface area contributed by atoms with Gasteiger partial charge < -0.3 is 9.47 Å². The number of carbonyl (C=O) groups is 1. The smallest absolute Gasteiger partial charge is 0.434 e. The number of carbonyl (C=O) groups excluding carboxylic acids is 1. The highest BCUT2D eigenvalue weighted by Gasteiger charge is 2.21. The molecule has 1 saturated carbocycles. The van der Waals surface area contributed by atoms with Crippen LogP contribution in [0.1, 0.15) is 52.4 Å². The van der Waals surface area contributed by atoms with Gasteiger partial charge in [0.2, 0.25) is 0 Å². The monoisotopic (exact) mass is 214 g/mol. The molecule has 0 unspecified atom stereocenters. The van der Waals surface area contributed by atoms with Gasteiger partial charge in [-0.1, -0.05) is 20.3 Å². The van der Waals surface area contributed by atoms with Crippen LogP contribution in [0.15, 0.2) is 0 Å². The summed E-state index contributed by atoms with van der Waals surface area (Å²) in [5, 5.41) is 0. The summed E-state index contributed by atoms with van der Waals surface area (Å²) >= 11 is 0. The Hall–Kier alpha value is -0.730. The van der Waals surface area contributed by atoms with Gasteiger partial charge in [-0.05, 0) is 38.0 Å². The molecule has 0 aromatic heterocycles. The summed E-state index contributed by atoms with van der Waals surface area (Å²) in [4.78, 5) is 11.2. The van der Waals surface area contributed by atoms with E-state index in [4.69, 9.17) is 9.47 Å². The number of hydrogen-bond donors (Lipinski definition) is 0.